The Kier molecular flexibility index (Phi) is 5.17. The van der Waals surface area contributed by atoms with Gasteiger partial charge in [0.2, 0.25) is 5.91 Å². The molecule has 0 unspecified atom stereocenters. The monoisotopic (exact) mass is 427 g/mol. The Labute approximate surface area is 175 Å². The molecular weight excluding hydrogens is 409 g/mol. The van der Waals surface area contributed by atoms with Crippen molar-refractivity contribution in [1.29, 1.82) is 0 Å². The Bertz CT molecular complexity index is 1140. The molecule has 0 spiro atoms. The number of hydrogen-bond acceptors (Lipinski definition) is 5. The van der Waals surface area contributed by atoms with Gasteiger partial charge in [-0.3, -0.25) is 4.79 Å². The topological polar surface area (TPSA) is 84.9 Å². The lowest BCUT2D eigenvalue weighted by molar-refractivity contribution is -0.116. The highest BCUT2D eigenvalue weighted by Gasteiger charge is 2.34. The summed E-state index contributed by atoms with van der Waals surface area (Å²) in [4.78, 5) is 25.3. The van der Waals surface area contributed by atoms with Gasteiger partial charge in [0, 0.05) is 22.8 Å². The van der Waals surface area contributed by atoms with E-state index >= 15 is 0 Å². The Morgan fingerprint density at radius 1 is 1.13 bits per heavy atom. The molecule has 0 radical (unpaired) electrons. The fourth-order valence-electron chi connectivity index (χ4n) is 3.67. The number of nitrogens with one attached hydrogen (secondary N) is 1. The summed E-state index contributed by atoms with van der Waals surface area (Å²) in [7, 11) is 3.07. The molecule has 1 atom stereocenters. The van der Waals surface area contributed by atoms with Gasteiger partial charge in [-0.1, -0.05) is 18.2 Å². The van der Waals surface area contributed by atoms with Crippen molar-refractivity contribution in [3.8, 4) is 22.6 Å². The number of carbonyl (C=O) groups excluding carboxylic acids is 1. The summed E-state index contributed by atoms with van der Waals surface area (Å²) in [5.41, 5.74) is 2.19. The standard InChI is InChI=1S/C22H18FNO5S/c1-28-15-8-5-12(9-16(15)29-2)14-10-17(25)24-19-18(11-3-6-13(23)7-4-11)21(22(26)27)30-20(14)19/h3-9,14H,10H2,1-2H3,(H,24,25)(H,26,27)/t14-/m0/s1. The van der Waals surface area contributed by atoms with Gasteiger partial charge in [-0.15, -0.1) is 11.3 Å². The summed E-state index contributed by atoms with van der Waals surface area (Å²) < 4.78 is 24.1. The van der Waals surface area contributed by atoms with Crippen LogP contribution in [0.15, 0.2) is 42.5 Å². The average molecular weight is 427 g/mol. The van der Waals surface area contributed by atoms with Crippen LogP contribution in [-0.2, 0) is 4.79 Å². The van der Waals surface area contributed by atoms with Crippen molar-refractivity contribution in [2.24, 2.45) is 0 Å². The second-order valence-corrected chi connectivity index (χ2v) is 7.83. The van der Waals surface area contributed by atoms with Crippen LogP contribution in [0.25, 0.3) is 11.1 Å². The molecule has 3 aromatic rings. The van der Waals surface area contributed by atoms with Crippen LogP contribution in [-0.4, -0.2) is 31.2 Å². The summed E-state index contributed by atoms with van der Waals surface area (Å²) in [5, 5.41) is 12.6. The van der Waals surface area contributed by atoms with E-state index in [1.54, 1.807) is 12.1 Å². The van der Waals surface area contributed by atoms with Crippen LogP contribution in [0.4, 0.5) is 10.1 Å². The molecule has 0 saturated carbocycles. The molecule has 2 N–H and O–H groups in total. The van der Waals surface area contributed by atoms with Crippen molar-refractivity contribution in [1.82, 2.24) is 0 Å². The highest BCUT2D eigenvalue weighted by Crippen LogP contribution is 2.50. The van der Waals surface area contributed by atoms with Gasteiger partial charge in [0.1, 0.15) is 10.7 Å². The molecule has 30 heavy (non-hydrogen) atoms. The van der Waals surface area contributed by atoms with E-state index in [0.29, 0.717) is 28.3 Å². The van der Waals surface area contributed by atoms with Gasteiger partial charge in [-0.25, -0.2) is 9.18 Å². The van der Waals surface area contributed by atoms with E-state index < -0.39 is 11.8 Å². The molecule has 6 nitrogen and oxygen atoms in total. The second kappa shape index (κ2) is 7.79. The van der Waals surface area contributed by atoms with E-state index in [-0.39, 0.29) is 23.1 Å². The van der Waals surface area contributed by atoms with Crippen LogP contribution in [0.3, 0.4) is 0 Å². The third-order valence-corrected chi connectivity index (χ3v) is 6.33. The minimum absolute atomic E-state index is 0.0966. The summed E-state index contributed by atoms with van der Waals surface area (Å²) in [5.74, 6) is -1.00. The van der Waals surface area contributed by atoms with Crippen molar-refractivity contribution >= 4 is 28.9 Å². The fourth-order valence-corrected chi connectivity index (χ4v) is 4.91. The molecule has 0 saturated heterocycles. The minimum atomic E-state index is -1.10. The lowest BCUT2D eigenvalue weighted by atomic mass is 9.88. The molecule has 2 heterocycles. The van der Waals surface area contributed by atoms with Crippen molar-refractivity contribution in [2.45, 2.75) is 12.3 Å². The number of thiophene rings is 1. The normalized spacial score (nSPS) is 15.3. The number of fused-ring (bicyclic) bond motifs is 1. The van der Waals surface area contributed by atoms with E-state index in [1.807, 2.05) is 6.07 Å². The van der Waals surface area contributed by atoms with Crippen LogP contribution >= 0.6 is 11.3 Å². The predicted octanol–water partition coefficient (Wildman–Crippen LogP) is 4.74. The number of benzene rings is 2. The van der Waals surface area contributed by atoms with Crippen LogP contribution in [0.2, 0.25) is 0 Å². The van der Waals surface area contributed by atoms with Gasteiger partial charge >= 0.3 is 5.97 Å². The Morgan fingerprint density at radius 3 is 2.47 bits per heavy atom. The number of amides is 1. The number of ether oxygens (including phenoxy) is 2. The number of hydrogen-bond donors (Lipinski definition) is 2. The summed E-state index contributed by atoms with van der Waals surface area (Å²) in [6.45, 7) is 0. The van der Waals surface area contributed by atoms with Crippen LogP contribution < -0.4 is 14.8 Å². The molecule has 2 aromatic carbocycles. The van der Waals surface area contributed by atoms with Gasteiger partial charge in [-0.05, 0) is 35.4 Å². The first-order chi connectivity index (χ1) is 14.4. The van der Waals surface area contributed by atoms with Crippen LogP contribution in [0.1, 0.15) is 32.5 Å². The van der Waals surface area contributed by atoms with Gasteiger partial charge in [0.15, 0.2) is 11.5 Å². The zero-order valence-corrected chi connectivity index (χ0v) is 17.0. The molecule has 4 rings (SSSR count). The summed E-state index contributed by atoms with van der Waals surface area (Å²) >= 11 is 1.12. The van der Waals surface area contributed by atoms with Crippen molar-refractivity contribution < 1.29 is 28.6 Å². The Morgan fingerprint density at radius 2 is 1.83 bits per heavy atom. The first-order valence-electron chi connectivity index (χ1n) is 9.10. The molecule has 1 aromatic heterocycles. The van der Waals surface area contributed by atoms with Crippen LogP contribution in [0, 0.1) is 5.82 Å². The number of methoxy groups -OCH3 is 2. The predicted molar refractivity (Wildman–Crippen MR) is 111 cm³/mol. The molecule has 1 aliphatic rings. The number of halogens is 1. The Balaban J connectivity index is 1.90. The zero-order valence-electron chi connectivity index (χ0n) is 16.2. The first kappa shape index (κ1) is 19.9. The van der Waals surface area contributed by atoms with E-state index in [4.69, 9.17) is 9.47 Å². The highest BCUT2D eigenvalue weighted by atomic mass is 32.1. The fraction of sp³-hybridized carbons (Fsp3) is 0.182. The number of anilines is 1. The number of carboxylic acids is 1. The van der Waals surface area contributed by atoms with Crippen molar-refractivity contribution in [3.05, 3.63) is 63.6 Å². The van der Waals surface area contributed by atoms with Gasteiger partial charge < -0.3 is 19.9 Å². The molecule has 0 aliphatic carbocycles. The number of rotatable bonds is 5. The number of carboxylic acid groups (broad SMARTS) is 1. The molecule has 1 amide bonds. The minimum Gasteiger partial charge on any atom is -0.493 e. The smallest absolute Gasteiger partial charge is 0.346 e. The second-order valence-electron chi connectivity index (χ2n) is 6.78. The molecule has 154 valence electrons. The molecule has 8 heteroatoms. The summed E-state index contributed by atoms with van der Waals surface area (Å²) in [6, 6.07) is 10.9. The van der Waals surface area contributed by atoms with E-state index in [1.165, 1.54) is 38.5 Å². The van der Waals surface area contributed by atoms with E-state index in [9.17, 15) is 19.1 Å². The largest absolute Gasteiger partial charge is 0.493 e. The molecular formula is C22H18FNO5S. The maximum absolute atomic E-state index is 13.4. The van der Waals surface area contributed by atoms with E-state index in [0.717, 1.165) is 21.8 Å². The molecule has 0 bridgehead atoms. The van der Waals surface area contributed by atoms with Crippen LogP contribution in [0.5, 0.6) is 11.5 Å². The lowest BCUT2D eigenvalue weighted by Gasteiger charge is -2.24. The maximum atomic E-state index is 13.4. The number of aromatic carboxylic acids is 1. The SMILES string of the molecule is COc1ccc([C@@H]2CC(=O)Nc3c2sc(C(=O)O)c3-c2ccc(F)cc2)cc1OC. The summed E-state index contributed by atoms with van der Waals surface area (Å²) in [6.07, 6.45) is 0.172. The maximum Gasteiger partial charge on any atom is 0.346 e. The van der Waals surface area contributed by atoms with Crippen molar-refractivity contribution in [2.75, 3.05) is 19.5 Å². The lowest BCUT2D eigenvalue weighted by Crippen LogP contribution is -2.22. The van der Waals surface area contributed by atoms with Crippen molar-refractivity contribution in [3.63, 3.8) is 0 Å². The van der Waals surface area contributed by atoms with E-state index in [2.05, 4.69) is 5.32 Å². The first-order valence-corrected chi connectivity index (χ1v) is 9.92. The third-order valence-electron chi connectivity index (χ3n) is 5.04. The zero-order chi connectivity index (χ0) is 21.4. The quantitative estimate of drug-likeness (QED) is 0.614. The highest BCUT2D eigenvalue weighted by molar-refractivity contribution is 7.15. The molecule has 1 aliphatic heterocycles. The third kappa shape index (κ3) is 3.39. The Hall–Kier alpha value is -3.39. The van der Waals surface area contributed by atoms with Gasteiger partial charge in [0.25, 0.3) is 0 Å². The van der Waals surface area contributed by atoms with Gasteiger partial charge in [-0.2, -0.15) is 0 Å². The van der Waals surface area contributed by atoms with Gasteiger partial charge in [0.05, 0.1) is 19.9 Å². The molecule has 0 fully saturated rings. The average Bonchev–Trinajstić information content (AvgIpc) is 3.12. The number of carbonyl (C=O) groups is 2.